The van der Waals surface area contributed by atoms with Gasteiger partial charge in [-0.2, -0.15) is 0 Å². The van der Waals surface area contributed by atoms with Crippen molar-refractivity contribution in [2.24, 2.45) is 5.92 Å². The maximum atomic E-state index is 12.6. The molecule has 2 aromatic carbocycles. The van der Waals surface area contributed by atoms with Crippen LogP contribution in [0.2, 0.25) is 0 Å². The van der Waals surface area contributed by atoms with E-state index in [0.717, 1.165) is 5.75 Å². The van der Waals surface area contributed by atoms with Gasteiger partial charge in [0, 0.05) is 11.3 Å². The molecular weight excluding hydrogens is 316 g/mol. The highest BCUT2D eigenvalue weighted by Gasteiger charge is 2.24. The molecule has 2 aromatic rings. The molecule has 0 spiro atoms. The Kier molecular flexibility index (Phi) is 6.57. The van der Waals surface area contributed by atoms with Gasteiger partial charge in [-0.25, -0.2) is 0 Å². The van der Waals surface area contributed by atoms with E-state index in [2.05, 4.69) is 10.6 Å². The van der Waals surface area contributed by atoms with E-state index in [1.807, 2.05) is 26.8 Å². The number of carbonyl (C=O) groups is 2. The van der Waals surface area contributed by atoms with E-state index in [1.165, 1.54) is 0 Å². The third-order valence-electron chi connectivity index (χ3n) is 3.70. The fourth-order valence-electron chi connectivity index (χ4n) is 2.37. The number of carbonyl (C=O) groups excluding carboxylic acids is 2. The number of ether oxygens (including phenoxy) is 1. The predicted octanol–water partition coefficient (Wildman–Crippen LogP) is 3.48. The molecule has 0 aromatic heterocycles. The minimum absolute atomic E-state index is 0.0460. The van der Waals surface area contributed by atoms with Crippen LogP contribution in [0.3, 0.4) is 0 Å². The van der Waals surface area contributed by atoms with Gasteiger partial charge in [0.1, 0.15) is 11.8 Å². The van der Waals surface area contributed by atoms with Crippen molar-refractivity contribution in [1.29, 1.82) is 0 Å². The van der Waals surface area contributed by atoms with Crippen LogP contribution in [0.4, 0.5) is 5.69 Å². The molecule has 0 saturated heterocycles. The molecule has 1 atom stereocenters. The minimum atomic E-state index is -0.626. The van der Waals surface area contributed by atoms with Gasteiger partial charge in [0.2, 0.25) is 5.91 Å². The number of hydrogen-bond acceptors (Lipinski definition) is 3. The van der Waals surface area contributed by atoms with Crippen molar-refractivity contribution in [3.05, 3.63) is 60.2 Å². The van der Waals surface area contributed by atoms with Crippen molar-refractivity contribution in [3.63, 3.8) is 0 Å². The number of hydrogen-bond donors (Lipinski definition) is 2. The van der Waals surface area contributed by atoms with Crippen LogP contribution in [-0.2, 0) is 4.79 Å². The molecule has 132 valence electrons. The van der Waals surface area contributed by atoms with E-state index >= 15 is 0 Å². The maximum Gasteiger partial charge on any atom is 0.251 e. The third kappa shape index (κ3) is 5.35. The third-order valence-corrected chi connectivity index (χ3v) is 3.70. The zero-order valence-electron chi connectivity index (χ0n) is 14.8. The molecule has 0 radical (unpaired) electrons. The van der Waals surface area contributed by atoms with Crippen molar-refractivity contribution >= 4 is 17.5 Å². The van der Waals surface area contributed by atoms with Crippen LogP contribution in [0.5, 0.6) is 5.75 Å². The topological polar surface area (TPSA) is 67.4 Å². The van der Waals surface area contributed by atoms with E-state index in [9.17, 15) is 9.59 Å². The Labute approximate surface area is 148 Å². The SMILES string of the molecule is CCOc1ccc(NC(=O)[C@H](NC(=O)c2ccccc2)C(C)C)cc1. The lowest BCUT2D eigenvalue weighted by Gasteiger charge is -2.22. The molecule has 5 nitrogen and oxygen atoms in total. The van der Waals surface area contributed by atoms with Gasteiger partial charge in [0.25, 0.3) is 5.91 Å². The van der Waals surface area contributed by atoms with Crippen molar-refractivity contribution < 1.29 is 14.3 Å². The molecule has 0 unspecified atom stereocenters. The quantitative estimate of drug-likeness (QED) is 0.811. The molecule has 0 saturated carbocycles. The summed E-state index contributed by atoms with van der Waals surface area (Å²) in [4.78, 5) is 24.9. The number of benzene rings is 2. The van der Waals surface area contributed by atoms with Crippen molar-refractivity contribution in [3.8, 4) is 5.75 Å². The highest BCUT2D eigenvalue weighted by atomic mass is 16.5. The monoisotopic (exact) mass is 340 g/mol. The van der Waals surface area contributed by atoms with E-state index in [-0.39, 0.29) is 17.7 Å². The van der Waals surface area contributed by atoms with Gasteiger partial charge in [-0.05, 0) is 49.2 Å². The molecule has 2 amide bonds. The maximum absolute atomic E-state index is 12.6. The van der Waals surface area contributed by atoms with Crippen molar-refractivity contribution in [2.75, 3.05) is 11.9 Å². The van der Waals surface area contributed by atoms with Gasteiger partial charge in [0.05, 0.1) is 6.61 Å². The Morgan fingerprint density at radius 3 is 2.20 bits per heavy atom. The first-order valence-corrected chi connectivity index (χ1v) is 8.41. The van der Waals surface area contributed by atoms with Crippen LogP contribution in [0.25, 0.3) is 0 Å². The van der Waals surface area contributed by atoms with Gasteiger partial charge < -0.3 is 15.4 Å². The van der Waals surface area contributed by atoms with Crippen LogP contribution >= 0.6 is 0 Å². The summed E-state index contributed by atoms with van der Waals surface area (Å²) in [6.45, 7) is 6.30. The van der Waals surface area contributed by atoms with Crippen LogP contribution < -0.4 is 15.4 Å². The lowest BCUT2D eigenvalue weighted by atomic mass is 10.0. The lowest BCUT2D eigenvalue weighted by molar-refractivity contribution is -0.118. The second-order valence-corrected chi connectivity index (χ2v) is 6.01. The molecule has 0 fully saturated rings. The average molecular weight is 340 g/mol. The van der Waals surface area contributed by atoms with Gasteiger partial charge in [-0.1, -0.05) is 32.0 Å². The summed E-state index contributed by atoms with van der Waals surface area (Å²) in [5, 5.41) is 5.65. The second-order valence-electron chi connectivity index (χ2n) is 6.01. The van der Waals surface area contributed by atoms with Crippen LogP contribution in [0, 0.1) is 5.92 Å². The van der Waals surface area contributed by atoms with E-state index in [1.54, 1.807) is 48.5 Å². The molecule has 2 N–H and O–H groups in total. The summed E-state index contributed by atoms with van der Waals surface area (Å²) in [6.07, 6.45) is 0. The van der Waals surface area contributed by atoms with Gasteiger partial charge >= 0.3 is 0 Å². The molecule has 0 aliphatic carbocycles. The summed E-state index contributed by atoms with van der Waals surface area (Å²) in [6, 6.07) is 15.4. The smallest absolute Gasteiger partial charge is 0.251 e. The lowest BCUT2D eigenvalue weighted by Crippen LogP contribution is -2.47. The standard InChI is InChI=1S/C20H24N2O3/c1-4-25-17-12-10-16(11-13-17)21-20(24)18(14(2)3)22-19(23)15-8-6-5-7-9-15/h5-14,18H,4H2,1-3H3,(H,21,24)(H,22,23)/t18-/m1/s1. The zero-order valence-corrected chi connectivity index (χ0v) is 14.8. The number of anilines is 1. The van der Waals surface area contributed by atoms with Crippen LogP contribution in [0.1, 0.15) is 31.1 Å². The van der Waals surface area contributed by atoms with E-state index < -0.39 is 6.04 Å². The highest BCUT2D eigenvalue weighted by molar-refractivity contribution is 6.01. The number of amides is 2. The molecule has 0 aliphatic rings. The van der Waals surface area contributed by atoms with Crippen LogP contribution in [-0.4, -0.2) is 24.5 Å². The first-order chi connectivity index (χ1) is 12.0. The van der Waals surface area contributed by atoms with Crippen molar-refractivity contribution in [1.82, 2.24) is 5.32 Å². The molecular formula is C20H24N2O3. The molecule has 5 heteroatoms. The molecule has 0 heterocycles. The Morgan fingerprint density at radius 2 is 1.64 bits per heavy atom. The Bertz CT molecular complexity index is 697. The molecule has 2 rings (SSSR count). The molecule has 25 heavy (non-hydrogen) atoms. The summed E-state index contributed by atoms with van der Waals surface area (Å²) >= 11 is 0. The average Bonchev–Trinajstić information content (AvgIpc) is 2.61. The normalized spacial score (nSPS) is 11.7. The molecule has 0 bridgehead atoms. The first kappa shape index (κ1) is 18.5. The number of rotatable bonds is 7. The predicted molar refractivity (Wildman–Crippen MR) is 98.8 cm³/mol. The van der Waals surface area contributed by atoms with Gasteiger partial charge in [0.15, 0.2) is 0 Å². The Hall–Kier alpha value is -2.82. The fourth-order valence-corrected chi connectivity index (χ4v) is 2.37. The van der Waals surface area contributed by atoms with Gasteiger partial charge in [-0.3, -0.25) is 9.59 Å². The van der Waals surface area contributed by atoms with Gasteiger partial charge in [-0.15, -0.1) is 0 Å². The zero-order chi connectivity index (χ0) is 18.2. The molecule has 0 aliphatic heterocycles. The second kappa shape index (κ2) is 8.87. The van der Waals surface area contributed by atoms with E-state index in [0.29, 0.717) is 17.9 Å². The summed E-state index contributed by atoms with van der Waals surface area (Å²) in [5.41, 5.74) is 1.19. The number of nitrogens with one attached hydrogen (secondary N) is 2. The summed E-state index contributed by atoms with van der Waals surface area (Å²) in [7, 11) is 0. The summed E-state index contributed by atoms with van der Waals surface area (Å²) < 4.78 is 5.38. The summed E-state index contributed by atoms with van der Waals surface area (Å²) in [5.74, 6) is 0.193. The first-order valence-electron chi connectivity index (χ1n) is 8.41. The Balaban J connectivity index is 2.03. The fraction of sp³-hybridized carbons (Fsp3) is 0.300. The Morgan fingerprint density at radius 1 is 1.00 bits per heavy atom. The highest BCUT2D eigenvalue weighted by Crippen LogP contribution is 2.16. The van der Waals surface area contributed by atoms with Crippen LogP contribution in [0.15, 0.2) is 54.6 Å². The van der Waals surface area contributed by atoms with E-state index in [4.69, 9.17) is 4.74 Å². The van der Waals surface area contributed by atoms with Crippen molar-refractivity contribution in [2.45, 2.75) is 26.8 Å². The largest absolute Gasteiger partial charge is 0.494 e. The minimum Gasteiger partial charge on any atom is -0.494 e.